The van der Waals surface area contributed by atoms with Crippen LogP contribution >= 0.6 is 0 Å². The molecule has 144 valence electrons. The number of hydrogen-bond donors (Lipinski definition) is 0. The molecule has 0 N–H and O–H groups in total. The van der Waals surface area contributed by atoms with Gasteiger partial charge in [0.05, 0.1) is 11.9 Å². The van der Waals surface area contributed by atoms with Crippen molar-refractivity contribution in [3.05, 3.63) is 84.2 Å². The highest BCUT2D eigenvalue weighted by Crippen LogP contribution is 2.47. The fourth-order valence-electron chi connectivity index (χ4n) is 4.19. The smallest absolute Gasteiger partial charge is 0.132 e. The van der Waals surface area contributed by atoms with Crippen molar-refractivity contribution >= 4 is 17.2 Å². The third kappa shape index (κ3) is 2.99. The molecule has 4 rings (SSSR count). The van der Waals surface area contributed by atoms with E-state index in [1.165, 1.54) is 22.6 Å². The normalized spacial score (nSPS) is 17.5. The Bertz CT molecular complexity index is 980. The Labute approximate surface area is 167 Å². The van der Waals surface area contributed by atoms with Crippen LogP contribution in [0.15, 0.2) is 78.6 Å². The van der Waals surface area contributed by atoms with Crippen LogP contribution in [0.4, 0.5) is 11.5 Å². The Kier molecular flexibility index (Phi) is 4.50. The highest BCUT2D eigenvalue weighted by molar-refractivity contribution is 5.88. The molecule has 0 radical (unpaired) electrons. The molecular formula is C24H28N4. The molecule has 4 nitrogen and oxygen atoms in total. The highest BCUT2D eigenvalue weighted by atomic mass is 15.5. The van der Waals surface area contributed by atoms with Gasteiger partial charge < -0.3 is 9.80 Å². The molecule has 0 spiro atoms. The van der Waals surface area contributed by atoms with Crippen LogP contribution in [0.3, 0.4) is 0 Å². The maximum atomic E-state index is 4.44. The van der Waals surface area contributed by atoms with Crippen molar-refractivity contribution < 1.29 is 0 Å². The molecule has 2 heterocycles. The maximum absolute atomic E-state index is 4.44. The van der Waals surface area contributed by atoms with Gasteiger partial charge in [-0.2, -0.15) is 5.10 Å². The summed E-state index contributed by atoms with van der Waals surface area (Å²) < 4.78 is 1.96. The first kappa shape index (κ1) is 18.4. The molecule has 0 bridgehead atoms. The van der Waals surface area contributed by atoms with Crippen molar-refractivity contribution in [2.45, 2.75) is 33.9 Å². The van der Waals surface area contributed by atoms with E-state index in [0.717, 1.165) is 5.82 Å². The van der Waals surface area contributed by atoms with Gasteiger partial charge in [-0.15, -0.1) is 0 Å². The fraction of sp³-hybridized carbons (Fsp3) is 0.292. The van der Waals surface area contributed by atoms with Crippen LogP contribution in [0.2, 0.25) is 0 Å². The minimum atomic E-state index is -0.00208. The van der Waals surface area contributed by atoms with Gasteiger partial charge in [-0.3, -0.25) is 4.68 Å². The number of hydrogen-bond acceptors (Lipinski definition) is 3. The van der Waals surface area contributed by atoms with E-state index in [1.54, 1.807) is 0 Å². The van der Waals surface area contributed by atoms with Crippen LogP contribution in [0.5, 0.6) is 0 Å². The first-order valence-electron chi connectivity index (χ1n) is 9.77. The highest BCUT2D eigenvalue weighted by Gasteiger charge is 2.45. The molecule has 0 saturated heterocycles. The van der Waals surface area contributed by atoms with E-state index >= 15 is 0 Å². The number of allylic oxidation sites excluding steroid dienone is 1. The summed E-state index contributed by atoms with van der Waals surface area (Å²) in [5.74, 6) is 1.10. The first-order chi connectivity index (χ1) is 13.4. The summed E-state index contributed by atoms with van der Waals surface area (Å²) in [6.45, 7) is 9.13. The van der Waals surface area contributed by atoms with Crippen LogP contribution in [0.25, 0.3) is 5.70 Å². The van der Waals surface area contributed by atoms with E-state index in [0.29, 0.717) is 0 Å². The molecule has 1 aliphatic heterocycles. The Balaban J connectivity index is 1.99. The quantitative estimate of drug-likeness (QED) is 0.606. The minimum Gasteiger partial charge on any atom is -0.317 e. The Morgan fingerprint density at radius 1 is 0.821 bits per heavy atom. The lowest BCUT2D eigenvalue weighted by Gasteiger charge is -2.42. The van der Waals surface area contributed by atoms with E-state index in [-0.39, 0.29) is 11.6 Å². The summed E-state index contributed by atoms with van der Waals surface area (Å²) in [4.78, 5) is 4.92. The molecule has 2 aromatic carbocycles. The zero-order valence-corrected chi connectivity index (χ0v) is 17.3. The average Bonchev–Trinajstić information content (AvgIpc) is 3.23. The molecule has 0 fully saturated rings. The third-order valence-electron chi connectivity index (χ3n) is 5.33. The van der Waals surface area contributed by atoms with Crippen molar-refractivity contribution in [1.29, 1.82) is 0 Å². The van der Waals surface area contributed by atoms with E-state index in [4.69, 9.17) is 0 Å². The monoisotopic (exact) mass is 372 g/mol. The van der Waals surface area contributed by atoms with Crippen molar-refractivity contribution in [2.75, 3.05) is 9.80 Å². The van der Waals surface area contributed by atoms with E-state index in [1.807, 2.05) is 17.9 Å². The second-order valence-electron chi connectivity index (χ2n) is 8.43. The average molecular weight is 373 g/mol. The summed E-state index contributed by atoms with van der Waals surface area (Å²) in [7, 11) is 2.01. The molecular weight excluding hydrogens is 344 g/mol. The lowest BCUT2D eigenvalue weighted by Crippen LogP contribution is -2.50. The summed E-state index contributed by atoms with van der Waals surface area (Å²) >= 11 is 0. The molecule has 3 aromatic rings. The summed E-state index contributed by atoms with van der Waals surface area (Å²) in [6, 6.07) is 23.5. The van der Waals surface area contributed by atoms with Gasteiger partial charge in [-0.05, 0) is 24.6 Å². The van der Waals surface area contributed by atoms with Crippen LogP contribution in [0, 0.1) is 5.41 Å². The number of nitrogens with zero attached hydrogens (tertiary/aromatic N) is 4. The maximum Gasteiger partial charge on any atom is 0.132 e. The molecule has 0 aliphatic carbocycles. The number of para-hydroxylation sites is 1. The minimum absolute atomic E-state index is 0.00208. The van der Waals surface area contributed by atoms with E-state index in [2.05, 4.69) is 109 Å². The fourth-order valence-corrected chi connectivity index (χ4v) is 4.19. The number of anilines is 2. The SMILES string of the molecule is CC1=C(c2ccccc2)N(c2ccccc2)C(C(C)(C)C)N1c1ccnn1C. The predicted molar refractivity (Wildman–Crippen MR) is 117 cm³/mol. The number of aromatic nitrogens is 2. The van der Waals surface area contributed by atoms with Gasteiger partial charge in [0.15, 0.2) is 0 Å². The lowest BCUT2D eigenvalue weighted by molar-refractivity contribution is 0.323. The lowest BCUT2D eigenvalue weighted by atomic mass is 9.90. The summed E-state index contributed by atoms with van der Waals surface area (Å²) in [5, 5.41) is 4.44. The molecule has 1 atom stereocenters. The van der Waals surface area contributed by atoms with Gasteiger partial charge in [0.25, 0.3) is 0 Å². The van der Waals surface area contributed by atoms with Crippen LogP contribution < -0.4 is 9.80 Å². The molecule has 1 unspecified atom stereocenters. The van der Waals surface area contributed by atoms with Crippen molar-refractivity contribution in [3.8, 4) is 0 Å². The zero-order chi connectivity index (χ0) is 19.9. The van der Waals surface area contributed by atoms with Gasteiger partial charge in [0.2, 0.25) is 0 Å². The van der Waals surface area contributed by atoms with Crippen LogP contribution in [-0.2, 0) is 7.05 Å². The molecule has 1 aliphatic rings. The van der Waals surface area contributed by atoms with Crippen molar-refractivity contribution in [2.24, 2.45) is 12.5 Å². The third-order valence-corrected chi connectivity index (χ3v) is 5.33. The largest absolute Gasteiger partial charge is 0.317 e. The van der Waals surface area contributed by atoms with Gasteiger partial charge in [-0.1, -0.05) is 69.3 Å². The second kappa shape index (κ2) is 6.86. The van der Waals surface area contributed by atoms with Crippen LogP contribution in [-0.4, -0.2) is 15.9 Å². The number of rotatable bonds is 3. The molecule has 28 heavy (non-hydrogen) atoms. The van der Waals surface area contributed by atoms with E-state index < -0.39 is 0 Å². The Hall–Kier alpha value is -3.01. The predicted octanol–water partition coefficient (Wildman–Crippen LogP) is 5.51. The molecule has 0 saturated carbocycles. The van der Waals surface area contributed by atoms with Crippen molar-refractivity contribution in [3.63, 3.8) is 0 Å². The topological polar surface area (TPSA) is 24.3 Å². The summed E-state index contributed by atoms with van der Waals surface area (Å²) in [6.07, 6.45) is 2.00. The molecule has 1 aromatic heterocycles. The Morgan fingerprint density at radius 2 is 1.43 bits per heavy atom. The van der Waals surface area contributed by atoms with Gasteiger partial charge in [0.1, 0.15) is 12.0 Å². The van der Waals surface area contributed by atoms with Gasteiger partial charge >= 0.3 is 0 Å². The van der Waals surface area contributed by atoms with E-state index in [9.17, 15) is 0 Å². The molecule has 4 heteroatoms. The van der Waals surface area contributed by atoms with Gasteiger partial charge in [0, 0.05) is 29.9 Å². The standard InChI is InChI=1S/C24H28N4/c1-18-22(19-12-8-6-9-13-19)28(20-14-10-7-11-15-20)23(24(2,3)4)27(18)21-16-17-25-26(21)5/h6-17,23H,1-5H3. The molecule has 0 amide bonds. The first-order valence-corrected chi connectivity index (χ1v) is 9.77. The van der Waals surface area contributed by atoms with Crippen LogP contribution in [0.1, 0.15) is 33.3 Å². The number of benzene rings is 2. The number of aryl methyl sites for hydroxylation is 1. The zero-order valence-electron chi connectivity index (χ0n) is 17.3. The second-order valence-corrected chi connectivity index (χ2v) is 8.43. The Morgan fingerprint density at radius 3 is 1.96 bits per heavy atom. The van der Waals surface area contributed by atoms with Gasteiger partial charge in [-0.25, -0.2) is 0 Å². The summed E-state index contributed by atoms with van der Waals surface area (Å²) in [5.41, 5.74) is 4.90. The van der Waals surface area contributed by atoms with Crippen molar-refractivity contribution in [1.82, 2.24) is 9.78 Å².